The van der Waals surface area contributed by atoms with Crippen molar-refractivity contribution in [3.05, 3.63) is 34.9 Å². The van der Waals surface area contributed by atoms with E-state index in [1.165, 1.54) is 36.8 Å². The third-order valence-corrected chi connectivity index (χ3v) is 4.58. The van der Waals surface area contributed by atoms with Crippen molar-refractivity contribution in [2.24, 2.45) is 0 Å². The summed E-state index contributed by atoms with van der Waals surface area (Å²) in [7, 11) is 0. The second-order valence-corrected chi connectivity index (χ2v) is 6.24. The van der Waals surface area contributed by atoms with Crippen LogP contribution in [-0.4, -0.2) is 24.5 Å². The van der Waals surface area contributed by atoms with Crippen molar-refractivity contribution in [1.82, 2.24) is 10.6 Å². The van der Waals surface area contributed by atoms with Crippen LogP contribution in [0, 0.1) is 0 Å². The number of benzene rings is 1. The van der Waals surface area contributed by atoms with Crippen LogP contribution in [0.25, 0.3) is 0 Å². The van der Waals surface area contributed by atoms with Crippen LogP contribution in [0.15, 0.2) is 18.2 Å². The van der Waals surface area contributed by atoms with E-state index in [9.17, 15) is 4.79 Å². The maximum absolute atomic E-state index is 12.2. The summed E-state index contributed by atoms with van der Waals surface area (Å²) in [6, 6.07) is 7.17. The smallest absolute Gasteiger partial charge is 0.251 e. The Balaban J connectivity index is 1.56. The molecule has 3 nitrogen and oxygen atoms in total. The van der Waals surface area contributed by atoms with E-state index in [2.05, 4.69) is 29.7 Å². The van der Waals surface area contributed by atoms with Gasteiger partial charge >= 0.3 is 0 Å². The summed E-state index contributed by atoms with van der Waals surface area (Å²) in [5, 5.41) is 6.63. The lowest BCUT2D eigenvalue weighted by molar-refractivity contribution is 0.0946. The summed E-state index contributed by atoms with van der Waals surface area (Å²) in [6.45, 7) is 2.95. The number of piperidine rings is 1. The van der Waals surface area contributed by atoms with Gasteiger partial charge in [-0.2, -0.15) is 0 Å². The molecule has 0 aromatic heterocycles. The average molecular weight is 272 g/mol. The highest BCUT2D eigenvalue weighted by atomic mass is 16.1. The first-order valence-corrected chi connectivity index (χ1v) is 7.88. The first-order valence-electron chi connectivity index (χ1n) is 7.88. The number of aryl methyl sites for hydroxylation is 2. The Morgan fingerprint density at radius 2 is 2.10 bits per heavy atom. The van der Waals surface area contributed by atoms with E-state index in [0.29, 0.717) is 12.1 Å². The summed E-state index contributed by atoms with van der Waals surface area (Å²) in [5.41, 5.74) is 3.60. The van der Waals surface area contributed by atoms with Gasteiger partial charge in [-0.1, -0.05) is 12.5 Å². The van der Waals surface area contributed by atoms with E-state index in [-0.39, 0.29) is 5.91 Å². The molecule has 0 spiro atoms. The summed E-state index contributed by atoms with van der Waals surface area (Å²) in [6.07, 6.45) is 7.18. The number of nitrogens with one attached hydrogen (secondary N) is 2. The molecule has 1 aromatic rings. The van der Waals surface area contributed by atoms with Crippen molar-refractivity contribution < 1.29 is 4.79 Å². The highest BCUT2D eigenvalue weighted by molar-refractivity contribution is 5.94. The zero-order valence-electron chi connectivity index (χ0n) is 12.2. The lowest BCUT2D eigenvalue weighted by Gasteiger charge is -2.28. The fourth-order valence-corrected chi connectivity index (χ4v) is 3.43. The van der Waals surface area contributed by atoms with Crippen molar-refractivity contribution in [2.45, 2.75) is 57.5 Å². The number of fused-ring (bicyclic) bond motifs is 1. The minimum absolute atomic E-state index is 0.0692. The van der Waals surface area contributed by atoms with E-state index in [1.54, 1.807) is 0 Å². The van der Waals surface area contributed by atoms with Crippen molar-refractivity contribution >= 4 is 5.91 Å². The van der Waals surface area contributed by atoms with Gasteiger partial charge < -0.3 is 10.6 Å². The quantitative estimate of drug-likeness (QED) is 0.887. The summed E-state index contributed by atoms with van der Waals surface area (Å²) >= 11 is 0. The number of carbonyl (C=O) groups is 1. The van der Waals surface area contributed by atoms with Gasteiger partial charge in [-0.3, -0.25) is 4.79 Å². The third kappa shape index (κ3) is 3.04. The zero-order chi connectivity index (χ0) is 13.9. The van der Waals surface area contributed by atoms with Gasteiger partial charge in [-0.15, -0.1) is 0 Å². The molecule has 0 bridgehead atoms. The van der Waals surface area contributed by atoms with Crippen LogP contribution in [-0.2, 0) is 12.8 Å². The van der Waals surface area contributed by atoms with E-state index < -0.39 is 0 Å². The second kappa shape index (κ2) is 5.96. The molecule has 20 heavy (non-hydrogen) atoms. The molecule has 0 radical (unpaired) electrons. The summed E-state index contributed by atoms with van der Waals surface area (Å²) < 4.78 is 0. The number of carbonyl (C=O) groups excluding carboxylic acids is 1. The van der Waals surface area contributed by atoms with Crippen molar-refractivity contribution in [3.8, 4) is 0 Å². The fourth-order valence-electron chi connectivity index (χ4n) is 3.43. The molecular weight excluding hydrogens is 248 g/mol. The Labute approximate surface area is 121 Å². The lowest BCUT2D eigenvalue weighted by atomic mass is 9.99. The molecule has 1 aliphatic carbocycles. The molecule has 2 aliphatic rings. The first kappa shape index (κ1) is 13.6. The standard InChI is InChI=1S/C17H24N2O/c1-12-4-2-7-16(19-12)11-18-17(20)15-9-8-13-5-3-6-14(13)10-15/h8-10,12,16,19H,2-7,11H2,1H3,(H,18,20). The lowest BCUT2D eigenvalue weighted by Crippen LogP contribution is -2.47. The highest BCUT2D eigenvalue weighted by Gasteiger charge is 2.19. The highest BCUT2D eigenvalue weighted by Crippen LogP contribution is 2.22. The topological polar surface area (TPSA) is 41.1 Å². The Kier molecular flexibility index (Phi) is 4.06. The van der Waals surface area contributed by atoms with Gasteiger partial charge in [0.1, 0.15) is 0 Å². The van der Waals surface area contributed by atoms with Crippen LogP contribution in [0.5, 0.6) is 0 Å². The Hall–Kier alpha value is -1.35. The molecule has 1 amide bonds. The maximum atomic E-state index is 12.2. The largest absolute Gasteiger partial charge is 0.350 e. The van der Waals surface area contributed by atoms with Crippen LogP contribution >= 0.6 is 0 Å². The number of rotatable bonds is 3. The molecule has 3 heteroatoms. The van der Waals surface area contributed by atoms with Crippen molar-refractivity contribution in [2.75, 3.05) is 6.54 Å². The normalized spacial score (nSPS) is 25.2. The minimum Gasteiger partial charge on any atom is -0.350 e. The fraction of sp³-hybridized carbons (Fsp3) is 0.588. The van der Waals surface area contributed by atoms with Crippen LogP contribution in [0.3, 0.4) is 0 Å². The van der Waals surface area contributed by atoms with Gasteiger partial charge in [0.2, 0.25) is 0 Å². The molecule has 1 aromatic carbocycles. The first-order chi connectivity index (χ1) is 9.72. The predicted molar refractivity (Wildman–Crippen MR) is 81.0 cm³/mol. The zero-order valence-corrected chi connectivity index (χ0v) is 12.2. The Morgan fingerprint density at radius 3 is 2.95 bits per heavy atom. The molecule has 2 atom stereocenters. The van der Waals surface area contributed by atoms with Gasteiger partial charge in [-0.05, 0) is 62.3 Å². The molecule has 1 heterocycles. The van der Waals surface area contributed by atoms with Crippen LogP contribution in [0.1, 0.15) is 54.1 Å². The van der Waals surface area contributed by atoms with E-state index in [4.69, 9.17) is 0 Å². The number of hydrogen-bond acceptors (Lipinski definition) is 2. The van der Waals surface area contributed by atoms with Crippen molar-refractivity contribution in [3.63, 3.8) is 0 Å². The molecule has 3 rings (SSSR count). The van der Waals surface area contributed by atoms with Gasteiger partial charge in [0.05, 0.1) is 0 Å². The van der Waals surface area contributed by atoms with E-state index in [0.717, 1.165) is 24.9 Å². The third-order valence-electron chi connectivity index (χ3n) is 4.58. The summed E-state index contributed by atoms with van der Waals surface area (Å²) in [5.74, 6) is 0.0692. The number of hydrogen-bond donors (Lipinski definition) is 2. The molecule has 2 unspecified atom stereocenters. The Bertz CT molecular complexity index is 498. The van der Waals surface area contributed by atoms with Crippen LogP contribution < -0.4 is 10.6 Å². The molecule has 108 valence electrons. The van der Waals surface area contributed by atoms with E-state index in [1.807, 2.05) is 6.07 Å². The maximum Gasteiger partial charge on any atom is 0.251 e. The van der Waals surface area contributed by atoms with Gasteiger partial charge in [0, 0.05) is 24.2 Å². The van der Waals surface area contributed by atoms with Gasteiger partial charge in [0.15, 0.2) is 0 Å². The molecule has 2 N–H and O–H groups in total. The molecule has 1 saturated heterocycles. The van der Waals surface area contributed by atoms with Crippen molar-refractivity contribution in [1.29, 1.82) is 0 Å². The second-order valence-electron chi connectivity index (χ2n) is 6.24. The van der Waals surface area contributed by atoms with Crippen LogP contribution in [0.4, 0.5) is 0 Å². The van der Waals surface area contributed by atoms with Crippen LogP contribution in [0.2, 0.25) is 0 Å². The van der Waals surface area contributed by atoms with E-state index >= 15 is 0 Å². The molecule has 1 fully saturated rings. The van der Waals surface area contributed by atoms with Gasteiger partial charge in [-0.25, -0.2) is 0 Å². The minimum atomic E-state index is 0.0692. The monoisotopic (exact) mass is 272 g/mol. The molecular formula is C17H24N2O. The molecule has 1 aliphatic heterocycles. The molecule has 0 saturated carbocycles. The van der Waals surface area contributed by atoms with Gasteiger partial charge in [0.25, 0.3) is 5.91 Å². The number of amides is 1. The Morgan fingerprint density at radius 1 is 1.25 bits per heavy atom. The SMILES string of the molecule is CC1CCCC(CNC(=O)c2ccc3c(c2)CCC3)N1. The summed E-state index contributed by atoms with van der Waals surface area (Å²) in [4.78, 5) is 12.2. The predicted octanol–water partition coefficient (Wildman–Crippen LogP) is 2.44. The average Bonchev–Trinajstić information content (AvgIpc) is 2.92.